The third kappa shape index (κ3) is 18.5. The first-order chi connectivity index (χ1) is 9.87. The Bertz CT molecular complexity index is 303. The lowest BCUT2D eigenvalue weighted by Crippen LogP contribution is -2.23. The minimum Gasteiger partial charge on any atom is -0.481 e. The minimum absolute atomic E-state index is 0.173. The van der Waals surface area contributed by atoms with Gasteiger partial charge >= 0.3 is 17.9 Å². The highest BCUT2D eigenvalue weighted by molar-refractivity contribution is 5.85. The molecule has 0 saturated heterocycles. The standard InChI is InChI=1S/C9H16O6.C4H8O2/c1-2-3-8(12)15-9(13)6-14-5-7(11)4-10;1-2-3-4(5)6/h7,10-11H,2-6H2,1H3;2-3H2,1H3,(H,5,6). The molecule has 0 aliphatic carbocycles. The second kappa shape index (κ2) is 14.9. The molecule has 0 heterocycles. The molecule has 0 aliphatic rings. The van der Waals surface area contributed by atoms with Crippen molar-refractivity contribution in [3.05, 3.63) is 0 Å². The highest BCUT2D eigenvalue weighted by Gasteiger charge is 2.10. The van der Waals surface area contributed by atoms with Crippen LogP contribution in [0.1, 0.15) is 39.5 Å². The van der Waals surface area contributed by atoms with E-state index in [1.165, 1.54) is 0 Å². The van der Waals surface area contributed by atoms with Gasteiger partial charge in [0.1, 0.15) is 12.7 Å². The third-order valence-corrected chi connectivity index (χ3v) is 1.89. The monoisotopic (exact) mass is 308 g/mol. The zero-order valence-corrected chi connectivity index (χ0v) is 12.4. The fourth-order valence-corrected chi connectivity index (χ4v) is 0.956. The molecule has 0 rings (SSSR count). The average Bonchev–Trinajstić information content (AvgIpc) is 2.39. The van der Waals surface area contributed by atoms with Crippen molar-refractivity contribution in [2.24, 2.45) is 0 Å². The van der Waals surface area contributed by atoms with Crippen LogP contribution in [0.2, 0.25) is 0 Å². The zero-order valence-electron chi connectivity index (χ0n) is 12.4. The molecule has 0 aromatic carbocycles. The lowest BCUT2D eigenvalue weighted by atomic mass is 10.3. The summed E-state index contributed by atoms with van der Waals surface area (Å²) >= 11 is 0. The van der Waals surface area contributed by atoms with Crippen molar-refractivity contribution in [1.82, 2.24) is 0 Å². The van der Waals surface area contributed by atoms with Crippen LogP contribution >= 0.6 is 0 Å². The maximum absolute atomic E-state index is 10.9. The van der Waals surface area contributed by atoms with Gasteiger partial charge in [0.2, 0.25) is 0 Å². The quantitative estimate of drug-likeness (QED) is 0.404. The Kier molecular flexibility index (Phi) is 15.4. The molecule has 0 bridgehead atoms. The molecule has 1 atom stereocenters. The van der Waals surface area contributed by atoms with Gasteiger partial charge in [-0.05, 0) is 12.8 Å². The van der Waals surface area contributed by atoms with Crippen molar-refractivity contribution in [3.8, 4) is 0 Å². The second-order valence-corrected chi connectivity index (χ2v) is 4.09. The first kappa shape index (κ1) is 21.8. The molecule has 21 heavy (non-hydrogen) atoms. The van der Waals surface area contributed by atoms with Crippen LogP contribution in [-0.4, -0.2) is 59.2 Å². The number of esters is 2. The molecule has 0 radical (unpaired) electrons. The number of aliphatic hydroxyl groups excluding tert-OH is 2. The number of rotatable bonds is 9. The van der Waals surface area contributed by atoms with Gasteiger partial charge in [-0.15, -0.1) is 0 Å². The highest BCUT2D eigenvalue weighted by Crippen LogP contribution is 1.93. The van der Waals surface area contributed by atoms with Gasteiger partial charge in [-0.1, -0.05) is 13.8 Å². The SMILES string of the molecule is CCCC(=O)O.CCCC(=O)OC(=O)COCC(O)CO. The van der Waals surface area contributed by atoms with Crippen molar-refractivity contribution >= 4 is 17.9 Å². The summed E-state index contributed by atoms with van der Waals surface area (Å²) in [6, 6.07) is 0. The number of aliphatic carboxylic acids is 1. The first-order valence-corrected chi connectivity index (χ1v) is 6.69. The summed E-state index contributed by atoms with van der Waals surface area (Å²) in [5.41, 5.74) is 0. The maximum atomic E-state index is 10.9. The Morgan fingerprint density at radius 1 is 1.05 bits per heavy atom. The molecule has 8 heteroatoms. The van der Waals surface area contributed by atoms with Crippen molar-refractivity contribution in [2.75, 3.05) is 19.8 Å². The molecule has 0 spiro atoms. The van der Waals surface area contributed by atoms with Crippen LogP contribution in [0, 0.1) is 0 Å². The van der Waals surface area contributed by atoms with E-state index in [1.54, 1.807) is 6.92 Å². The molecular formula is C13H24O8. The topological polar surface area (TPSA) is 130 Å². The molecule has 1 unspecified atom stereocenters. The number of hydrogen-bond donors (Lipinski definition) is 3. The molecule has 0 amide bonds. The normalized spacial score (nSPS) is 11.0. The second-order valence-electron chi connectivity index (χ2n) is 4.09. The predicted octanol–water partition coefficient (Wildman–Crippen LogP) is 0.0972. The number of carbonyl (C=O) groups excluding carboxylic acids is 2. The van der Waals surface area contributed by atoms with E-state index in [0.717, 1.165) is 6.42 Å². The number of hydrogen-bond acceptors (Lipinski definition) is 7. The van der Waals surface area contributed by atoms with Crippen LogP contribution in [0.15, 0.2) is 0 Å². The number of carboxylic acids is 1. The van der Waals surface area contributed by atoms with E-state index in [0.29, 0.717) is 12.8 Å². The lowest BCUT2D eigenvalue weighted by Gasteiger charge is -2.07. The Morgan fingerprint density at radius 2 is 1.62 bits per heavy atom. The zero-order chi connectivity index (χ0) is 16.7. The third-order valence-electron chi connectivity index (χ3n) is 1.89. The predicted molar refractivity (Wildman–Crippen MR) is 72.5 cm³/mol. The van der Waals surface area contributed by atoms with Gasteiger partial charge in [-0.2, -0.15) is 0 Å². The van der Waals surface area contributed by atoms with Gasteiger partial charge in [0, 0.05) is 12.8 Å². The minimum atomic E-state index is -1.02. The van der Waals surface area contributed by atoms with E-state index in [1.807, 2.05) is 6.92 Å². The van der Waals surface area contributed by atoms with Crippen LogP contribution in [-0.2, 0) is 23.9 Å². The molecule has 124 valence electrons. The molecule has 0 fully saturated rings. The van der Waals surface area contributed by atoms with Crippen molar-refractivity contribution in [1.29, 1.82) is 0 Å². The van der Waals surface area contributed by atoms with Gasteiger partial charge in [-0.3, -0.25) is 9.59 Å². The van der Waals surface area contributed by atoms with E-state index >= 15 is 0 Å². The van der Waals surface area contributed by atoms with E-state index in [9.17, 15) is 14.4 Å². The van der Waals surface area contributed by atoms with E-state index < -0.39 is 37.2 Å². The number of aliphatic hydroxyl groups is 2. The molecule has 0 aliphatic heterocycles. The summed E-state index contributed by atoms with van der Waals surface area (Å²) in [5, 5.41) is 25.2. The molecule has 0 saturated carbocycles. The Morgan fingerprint density at radius 3 is 2.00 bits per heavy atom. The van der Waals surface area contributed by atoms with Crippen molar-refractivity contribution < 1.29 is 39.2 Å². The molecule has 3 N–H and O–H groups in total. The summed E-state index contributed by atoms with van der Waals surface area (Å²) in [6.07, 6.45) is 0.792. The van der Waals surface area contributed by atoms with Crippen molar-refractivity contribution in [3.63, 3.8) is 0 Å². The van der Waals surface area contributed by atoms with E-state index in [2.05, 4.69) is 4.74 Å². The van der Waals surface area contributed by atoms with Crippen LogP contribution in [0.5, 0.6) is 0 Å². The molecular weight excluding hydrogens is 284 g/mol. The first-order valence-electron chi connectivity index (χ1n) is 6.69. The van der Waals surface area contributed by atoms with Crippen LogP contribution in [0.3, 0.4) is 0 Å². The van der Waals surface area contributed by atoms with Crippen LogP contribution in [0.4, 0.5) is 0 Å². The largest absolute Gasteiger partial charge is 0.481 e. The van der Waals surface area contributed by atoms with Gasteiger partial charge in [0.05, 0.1) is 13.2 Å². The summed E-state index contributed by atoms with van der Waals surface area (Å²) in [6.45, 7) is 2.61. The summed E-state index contributed by atoms with van der Waals surface area (Å²) < 4.78 is 9.05. The van der Waals surface area contributed by atoms with Crippen LogP contribution < -0.4 is 0 Å². The highest BCUT2D eigenvalue weighted by atomic mass is 16.6. The number of carboxylic acid groups (broad SMARTS) is 1. The Hall–Kier alpha value is -1.51. The van der Waals surface area contributed by atoms with Gasteiger partial charge in [-0.25, -0.2) is 4.79 Å². The Labute approximate surface area is 123 Å². The summed E-state index contributed by atoms with van der Waals surface area (Å²) in [5.74, 6) is -2.09. The Balaban J connectivity index is 0. The summed E-state index contributed by atoms with van der Waals surface area (Å²) in [7, 11) is 0. The number of carbonyl (C=O) groups is 3. The van der Waals surface area contributed by atoms with Gasteiger partial charge < -0.3 is 24.8 Å². The van der Waals surface area contributed by atoms with Crippen molar-refractivity contribution in [2.45, 2.75) is 45.6 Å². The fourth-order valence-electron chi connectivity index (χ4n) is 0.956. The maximum Gasteiger partial charge on any atom is 0.339 e. The fraction of sp³-hybridized carbons (Fsp3) is 0.769. The van der Waals surface area contributed by atoms with Crippen LogP contribution in [0.25, 0.3) is 0 Å². The molecule has 8 nitrogen and oxygen atoms in total. The summed E-state index contributed by atoms with van der Waals surface area (Å²) in [4.78, 5) is 31.3. The molecule has 0 aromatic heterocycles. The smallest absolute Gasteiger partial charge is 0.339 e. The van der Waals surface area contributed by atoms with E-state index in [4.69, 9.17) is 20.1 Å². The molecule has 0 aromatic rings. The average molecular weight is 308 g/mol. The number of ether oxygens (including phenoxy) is 2. The van der Waals surface area contributed by atoms with E-state index in [-0.39, 0.29) is 13.0 Å². The van der Waals surface area contributed by atoms with Gasteiger partial charge in [0.15, 0.2) is 0 Å². The lowest BCUT2D eigenvalue weighted by molar-refractivity contribution is -0.163. The van der Waals surface area contributed by atoms with Gasteiger partial charge in [0.25, 0.3) is 0 Å².